The van der Waals surface area contributed by atoms with Gasteiger partial charge in [-0.2, -0.15) is 13.2 Å². The highest BCUT2D eigenvalue weighted by atomic mass is 19.4. The van der Waals surface area contributed by atoms with Crippen LogP contribution in [0.5, 0.6) is 0 Å². The number of nitrogen functional groups attached to an aromatic ring is 1. The minimum atomic E-state index is -4.73. The molecule has 21 heavy (non-hydrogen) atoms. The van der Waals surface area contributed by atoms with Crippen molar-refractivity contribution in [3.63, 3.8) is 0 Å². The molecule has 2 aromatic rings. The summed E-state index contributed by atoms with van der Waals surface area (Å²) in [6.45, 7) is 0.0717. The topological polar surface area (TPSA) is 61.0 Å². The van der Waals surface area contributed by atoms with Crippen LogP contribution in [-0.2, 0) is 17.5 Å². The highest BCUT2D eigenvalue weighted by Gasteiger charge is 2.35. The molecule has 0 aliphatic rings. The predicted molar refractivity (Wildman–Crippen MR) is 67.6 cm³/mol. The van der Waals surface area contributed by atoms with Gasteiger partial charge in [-0.15, -0.1) is 0 Å². The number of benzene rings is 1. The minimum absolute atomic E-state index is 0.00417. The highest BCUT2D eigenvalue weighted by Crippen LogP contribution is 2.36. The third-order valence-electron chi connectivity index (χ3n) is 2.62. The standard InChI is InChI=1S/C13H11F4N3O/c1-21-6-8-5-11(18)20-12(19-8)9-3-2-7(14)4-10(9)13(15,16)17/h2-5H,6H2,1H3,(H2,18,19,20). The van der Waals surface area contributed by atoms with Crippen LogP contribution in [0.4, 0.5) is 23.4 Å². The van der Waals surface area contributed by atoms with Crippen LogP contribution in [0.3, 0.4) is 0 Å². The Labute approximate surface area is 117 Å². The van der Waals surface area contributed by atoms with E-state index < -0.39 is 17.6 Å². The lowest BCUT2D eigenvalue weighted by Gasteiger charge is -2.13. The summed E-state index contributed by atoms with van der Waals surface area (Å²) in [7, 11) is 1.41. The van der Waals surface area contributed by atoms with Crippen molar-refractivity contribution in [2.24, 2.45) is 0 Å². The molecule has 0 fully saturated rings. The van der Waals surface area contributed by atoms with E-state index in [4.69, 9.17) is 10.5 Å². The van der Waals surface area contributed by atoms with Gasteiger partial charge in [0.1, 0.15) is 11.6 Å². The summed E-state index contributed by atoms with van der Waals surface area (Å²) >= 11 is 0. The number of methoxy groups -OCH3 is 1. The molecule has 8 heteroatoms. The summed E-state index contributed by atoms with van der Waals surface area (Å²) in [5, 5.41) is 0. The molecule has 2 N–H and O–H groups in total. The SMILES string of the molecule is COCc1cc(N)nc(-c2ccc(F)cc2C(F)(F)F)n1. The van der Waals surface area contributed by atoms with Crippen LogP contribution in [0.2, 0.25) is 0 Å². The number of hydrogen-bond donors (Lipinski definition) is 1. The first kappa shape index (κ1) is 15.2. The Balaban J connectivity index is 2.61. The largest absolute Gasteiger partial charge is 0.417 e. The molecule has 0 bridgehead atoms. The van der Waals surface area contributed by atoms with Crippen molar-refractivity contribution in [2.75, 3.05) is 12.8 Å². The normalized spacial score (nSPS) is 11.7. The van der Waals surface area contributed by atoms with Gasteiger partial charge in [-0.05, 0) is 18.2 Å². The Hall–Kier alpha value is -2.22. The predicted octanol–water partition coefficient (Wildman–Crippen LogP) is 3.03. The summed E-state index contributed by atoms with van der Waals surface area (Å²) in [5.74, 6) is -1.22. The Kier molecular flexibility index (Phi) is 4.08. The summed E-state index contributed by atoms with van der Waals surface area (Å²) in [6.07, 6.45) is -4.73. The van der Waals surface area contributed by atoms with Gasteiger partial charge in [-0.1, -0.05) is 0 Å². The molecule has 0 saturated heterocycles. The Bertz CT molecular complexity index is 658. The monoisotopic (exact) mass is 301 g/mol. The summed E-state index contributed by atoms with van der Waals surface area (Å²) < 4.78 is 56.9. The quantitative estimate of drug-likeness (QED) is 0.885. The number of nitrogens with two attached hydrogens (primary N) is 1. The molecule has 0 aliphatic carbocycles. The summed E-state index contributed by atoms with van der Waals surface area (Å²) in [4.78, 5) is 7.74. The molecule has 1 aromatic carbocycles. The van der Waals surface area contributed by atoms with Gasteiger partial charge in [-0.25, -0.2) is 14.4 Å². The zero-order valence-corrected chi connectivity index (χ0v) is 10.9. The van der Waals surface area contributed by atoms with Crippen molar-refractivity contribution in [2.45, 2.75) is 12.8 Å². The maximum Gasteiger partial charge on any atom is 0.417 e. The van der Waals surface area contributed by atoms with Crippen LogP contribution in [-0.4, -0.2) is 17.1 Å². The third-order valence-corrected chi connectivity index (χ3v) is 2.62. The van der Waals surface area contributed by atoms with Crippen LogP contribution < -0.4 is 5.73 Å². The van der Waals surface area contributed by atoms with Crippen LogP contribution in [0, 0.1) is 5.82 Å². The average molecular weight is 301 g/mol. The van der Waals surface area contributed by atoms with E-state index >= 15 is 0 Å². The van der Waals surface area contributed by atoms with E-state index in [2.05, 4.69) is 9.97 Å². The molecule has 112 valence electrons. The Morgan fingerprint density at radius 1 is 1.19 bits per heavy atom. The second-order valence-electron chi connectivity index (χ2n) is 4.23. The fourth-order valence-corrected chi connectivity index (χ4v) is 1.81. The fraction of sp³-hybridized carbons (Fsp3) is 0.231. The molecule has 0 aliphatic heterocycles. The molecule has 0 saturated carbocycles. The number of halogens is 4. The zero-order valence-electron chi connectivity index (χ0n) is 10.9. The van der Waals surface area contributed by atoms with Gasteiger partial charge in [0.25, 0.3) is 0 Å². The van der Waals surface area contributed by atoms with E-state index in [1.165, 1.54) is 13.2 Å². The average Bonchev–Trinajstić information content (AvgIpc) is 2.37. The highest BCUT2D eigenvalue weighted by molar-refractivity contribution is 5.62. The van der Waals surface area contributed by atoms with Gasteiger partial charge < -0.3 is 10.5 Å². The van der Waals surface area contributed by atoms with Crippen LogP contribution >= 0.6 is 0 Å². The zero-order chi connectivity index (χ0) is 15.6. The van der Waals surface area contributed by atoms with E-state index in [9.17, 15) is 17.6 Å². The molecular formula is C13H11F4N3O. The van der Waals surface area contributed by atoms with Crippen molar-refractivity contribution in [1.29, 1.82) is 0 Å². The van der Waals surface area contributed by atoms with Gasteiger partial charge in [0.05, 0.1) is 17.9 Å². The molecule has 0 spiro atoms. The molecule has 1 heterocycles. The van der Waals surface area contributed by atoms with E-state index in [0.717, 1.165) is 12.1 Å². The summed E-state index contributed by atoms with van der Waals surface area (Å²) in [5.41, 5.74) is 4.39. The molecule has 0 atom stereocenters. The minimum Gasteiger partial charge on any atom is -0.384 e. The van der Waals surface area contributed by atoms with Gasteiger partial charge in [-0.3, -0.25) is 0 Å². The number of alkyl halides is 3. The van der Waals surface area contributed by atoms with Crippen molar-refractivity contribution in [3.8, 4) is 11.4 Å². The van der Waals surface area contributed by atoms with Crippen LogP contribution in [0.25, 0.3) is 11.4 Å². The lowest BCUT2D eigenvalue weighted by molar-refractivity contribution is -0.137. The first-order chi connectivity index (χ1) is 9.81. The van der Waals surface area contributed by atoms with Gasteiger partial charge >= 0.3 is 6.18 Å². The van der Waals surface area contributed by atoms with Crippen molar-refractivity contribution >= 4 is 5.82 Å². The molecule has 1 aromatic heterocycles. The first-order valence-corrected chi connectivity index (χ1v) is 5.80. The first-order valence-electron chi connectivity index (χ1n) is 5.80. The number of nitrogens with zero attached hydrogens (tertiary/aromatic N) is 2. The maximum atomic E-state index is 13.1. The number of hydrogen-bond acceptors (Lipinski definition) is 4. The molecule has 0 unspecified atom stereocenters. The maximum absolute atomic E-state index is 13.1. The van der Waals surface area contributed by atoms with Crippen LogP contribution in [0.1, 0.15) is 11.3 Å². The van der Waals surface area contributed by atoms with Gasteiger partial charge in [0.2, 0.25) is 0 Å². The molecule has 0 amide bonds. The number of aromatic nitrogens is 2. The van der Waals surface area contributed by atoms with Crippen molar-refractivity contribution < 1.29 is 22.3 Å². The lowest BCUT2D eigenvalue weighted by atomic mass is 10.1. The molecule has 2 rings (SSSR count). The van der Waals surface area contributed by atoms with E-state index in [-0.39, 0.29) is 23.8 Å². The second-order valence-corrected chi connectivity index (χ2v) is 4.23. The van der Waals surface area contributed by atoms with E-state index in [1.807, 2.05) is 0 Å². The second kappa shape index (κ2) is 5.65. The number of anilines is 1. The number of ether oxygens (including phenoxy) is 1. The van der Waals surface area contributed by atoms with Crippen molar-refractivity contribution in [1.82, 2.24) is 9.97 Å². The Morgan fingerprint density at radius 3 is 2.52 bits per heavy atom. The third kappa shape index (κ3) is 3.46. The number of rotatable bonds is 3. The molecule has 4 nitrogen and oxygen atoms in total. The lowest BCUT2D eigenvalue weighted by Crippen LogP contribution is -2.10. The van der Waals surface area contributed by atoms with Crippen molar-refractivity contribution in [3.05, 3.63) is 41.3 Å². The van der Waals surface area contributed by atoms with Gasteiger partial charge in [0.15, 0.2) is 5.82 Å². The Morgan fingerprint density at radius 2 is 1.90 bits per heavy atom. The smallest absolute Gasteiger partial charge is 0.384 e. The molecular weight excluding hydrogens is 290 g/mol. The summed E-state index contributed by atoms with van der Waals surface area (Å²) in [6, 6.07) is 3.68. The van der Waals surface area contributed by atoms with E-state index in [1.54, 1.807) is 0 Å². The van der Waals surface area contributed by atoms with E-state index in [0.29, 0.717) is 11.8 Å². The van der Waals surface area contributed by atoms with Gasteiger partial charge in [0, 0.05) is 18.7 Å². The van der Waals surface area contributed by atoms with Crippen LogP contribution in [0.15, 0.2) is 24.3 Å². The molecule has 0 radical (unpaired) electrons. The fourth-order valence-electron chi connectivity index (χ4n) is 1.81.